The maximum Gasteiger partial charge on any atom is 0.295 e. The minimum absolute atomic E-state index is 0.00186. The van der Waals surface area contributed by atoms with Gasteiger partial charge in [-0.2, -0.15) is 0 Å². The molecule has 1 atom stereocenters. The van der Waals surface area contributed by atoms with Crippen molar-refractivity contribution in [3.8, 4) is 11.5 Å². The van der Waals surface area contributed by atoms with Crippen LogP contribution in [0.3, 0.4) is 0 Å². The molecule has 1 unspecified atom stereocenters. The van der Waals surface area contributed by atoms with Gasteiger partial charge in [-0.1, -0.05) is 19.1 Å². The number of rotatable bonds is 10. The summed E-state index contributed by atoms with van der Waals surface area (Å²) in [5.74, 6) is -0.968. The molecule has 182 valence electrons. The molecule has 1 fully saturated rings. The van der Waals surface area contributed by atoms with Crippen molar-refractivity contribution >= 4 is 17.4 Å². The maximum atomic E-state index is 13.1. The topological polar surface area (TPSA) is 96.3 Å². The highest BCUT2D eigenvalue weighted by Crippen LogP contribution is 2.40. The Morgan fingerprint density at radius 2 is 1.88 bits per heavy atom. The Balaban J connectivity index is 2.02. The lowest BCUT2D eigenvalue weighted by Gasteiger charge is -2.25. The average molecular weight is 468 g/mol. The van der Waals surface area contributed by atoms with E-state index in [-0.39, 0.29) is 29.7 Å². The molecule has 34 heavy (non-hydrogen) atoms. The molecule has 1 amide bonds. The molecule has 0 radical (unpaired) electrons. The van der Waals surface area contributed by atoms with Crippen LogP contribution in [0.25, 0.3) is 5.76 Å². The summed E-state index contributed by atoms with van der Waals surface area (Å²) < 4.78 is 11.3. The van der Waals surface area contributed by atoms with Crippen molar-refractivity contribution < 1.29 is 29.3 Å². The number of likely N-dealkylation sites (tertiary alicyclic amines) is 1. The first-order valence-electron chi connectivity index (χ1n) is 11.7. The van der Waals surface area contributed by atoms with Gasteiger partial charge in [0, 0.05) is 18.7 Å². The van der Waals surface area contributed by atoms with E-state index in [0.717, 1.165) is 12.0 Å². The van der Waals surface area contributed by atoms with Gasteiger partial charge in [0.1, 0.15) is 17.3 Å². The van der Waals surface area contributed by atoms with Crippen LogP contribution in [0.4, 0.5) is 0 Å². The number of aliphatic hydroxyl groups is 1. The fourth-order valence-corrected chi connectivity index (χ4v) is 4.03. The minimum Gasteiger partial charge on any atom is -0.508 e. The molecule has 0 aromatic heterocycles. The van der Waals surface area contributed by atoms with Gasteiger partial charge in [0.15, 0.2) is 0 Å². The van der Waals surface area contributed by atoms with Gasteiger partial charge in [-0.15, -0.1) is 0 Å². The Hall–Kier alpha value is -3.32. The van der Waals surface area contributed by atoms with Crippen molar-refractivity contribution in [3.05, 3.63) is 64.7 Å². The smallest absolute Gasteiger partial charge is 0.295 e. The van der Waals surface area contributed by atoms with Crippen LogP contribution in [-0.2, 0) is 14.3 Å². The number of carbonyl (C=O) groups is 2. The van der Waals surface area contributed by atoms with Crippen molar-refractivity contribution in [2.45, 2.75) is 52.7 Å². The van der Waals surface area contributed by atoms with Gasteiger partial charge in [0.2, 0.25) is 0 Å². The van der Waals surface area contributed by atoms with Crippen LogP contribution < -0.4 is 4.74 Å². The van der Waals surface area contributed by atoms with E-state index in [2.05, 4.69) is 0 Å². The van der Waals surface area contributed by atoms with Gasteiger partial charge >= 0.3 is 0 Å². The van der Waals surface area contributed by atoms with Crippen LogP contribution in [0.5, 0.6) is 11.5 Å². The third-order valence-corrected chi connectivity index (χ3v) is 5.63. The number of phenolic OH excluding ortho intramolecular Hbond substituents is 1. The number of hydrogen-bond donors (Lipinski definition) is 2. The number of aliphatic hydroxyl groups excluding tert-OH is 1. The molecule has 2 aromatic carbocycles. The Labute approximate surface area is 200 Å². The summed E-state index contributed by atoms with van der Waals surface area (Å²) in [6.07, 6.45) is 1.46. The van der Waals surface area contributed by atoms with Gasteiger partial charge in [-0.3, -0.25) is 9.59 Å². The fourth-order valence-electron chi connectivity index (χ4n) is 4.03. The number of phenols is 1. The average Bonchev–Trinajstić information content (AvgIpc) is 3.05. The highest BCUT2D eigenvalue weighted by molar-refractivity contribution is 6.46. The zero-order chi connectivity index (χ0) is 24.8. The van der Waals surface area contributed by atoms with E-state index in [1.54, 1.807) is 30.3 Å². The number of benzene rings is 2. The standard InChI is InChI=1S/C27H33NO6/c1-5-13-34-22-11-10-20(15-18(22)4)25(30)23-24(19-8-6-9-21(29)16-19)28(27(32)26(23)31)12-7-14-33-17(2)3/h6,8-11,15-17,24,29-30H,5,7,12-14H2,1-4H3/b25-23-. The number of aryl methyl sites for hydroxylation is 1. The van der Waals surface area contributed by atoms with Crippen LogP contribution in [0.2, 0.25) is 0 Å². The Morgan fingerprint density at radius 3 is 2.53 bits per heavy atom. The van der Waals surface area contributed by atoms with E-state index < -0.39 is 17.7 Å². The van der Waals surface area contributed by atoms with Crippen molar-refractivity contribution in [1.82, 2.24) is 4.90 Å². The Kier molecular flexibility index (Phi) is 8.34. The molecule has 0 saturated carbocycles. The van der Waals surface area contributed by atoms with Gasteiger partial charge in [-0.25, -0.2) is 0 Å². The van der Waals surface area contributed by atoms with E-state index in [9.17, 15) is 19.8 Å². The van der Waals surface area contributed by atoms with E-state index in [0.29, 0.717) is 36.5 Å². The molecular formula is C27H33NO6. The predicted octanol–water partition coefficient (Wildman–Crippen LogP) is 4.73. The summed E-state index contributed by atoms with van der Waals surface area (Å²) in [4.78, 5) is 27.5. The van der Waals surface area contributed by atoms with Crippen molar-refractivity contribution in [1.29, 1.82) is 0 Å². The predicted molar refractivity (Wildman–Crippen MR) is 130 cm³/mol. The zero-order valence-corrected chi connectivity index (χ0v) is 20.2. The quantitative estimate of drug-likeness (QED) is 0.227. The second-order valence-corrected chi connectivity index (χ2v) is 8.69. The summed E-state index contributed by atoms with van der Waals surface area (Å²) in [6, 6.07) is 10.8. The highest BCUT2D eigenvalue weighted by atomic mass is 16.5. The van der Waals surface area contributed by atoms with E-state index in [4.69, 9.17) is 9.47 Å². The monoisotopic (exact) mass is 467 g/mol. The van der Waals surface area contributed by atoms with Gasteiger partial charge in [0.25, 0.3) is 11.7 Å². The maximum absolute atomic E-state index is 13.1. The summed E-state index contributed by atoms with van der Waals surface area (Å²) in [5, 5.41) is 21.3. The number of nitrogens with zero attached hydrogens (tertiary/aromatic N) is 1. The van der Waals surface area contributed by atoms with Gasteiger partial charge in [0.05, 0.1) is 24.3 Å². The molecule has 7 nitrogen and oxygen atoms in total. The van der Waals surface area contributed by atoms with Gasteiger partial charge < -0.3 is 24.6 Å². The summed E-state index contributed by atoms with van der Waals surface area (Å²) in [7, 11) is 0. The second-order valence-electron chi connectivity index (χ2n) is 8.69. The molecule has 0 spiro atoms. The Morgan fingerprint density at radius 1 is 1.12 bits per heavy atom. The first-order valence-corrected chi connectivity index (χ1v) is 11.7. The third kappa shape index (κ3) is 5.59. The number of ketones is 1. The van der Waals surface area contributed by atoms with E-state index in [1.165, 1.54) is 17.0 Å². The van der Waals surface area contributed by atoms with Crippen LogP contribution >= 0.6 is 0 Å². The van der Waals surface area contributed by atoms with E-state index >= 15 is 0 Å². The van der Waals surface area contributed by atoms with Crippen LogP contribution in [0.15, 0.2) is 48.0 Å². The summed E-state index contributed by atoms with van der Waals surface area (Å²) >= 11 is 0. The number of hydrogen-bond acceptors (Lipinski definition) is 6. The van der Waals surface area contributed by atoms with Crippen molar-refractivity contribution in [2.75, 3.05) is 19.8 Å². The largest absolute Gasteiger partial charge is 0.508 e. The second kappa shape index (κ2) is 11.2. The molecule has 2 N–H and O–H groups in total. The molecule has 1 aliphatic heterocycles. The van der Waals surface area contributed by atoms with E-state index in [1.807, 2.05) is 27.7 Å². The lowest BCUT2D eigenvalue weighted by Crippen LogP contribution is -2.31. The molecule has 1 heterocycles. The molecule has 2 aromatic rings. The third-order valence-electron chi connectivity index (χ3n) is 5.63. The zero-order valence-electron chi connectivity index (χ0n) is 20.2. The van der Waals surface area contributed by atoms with Crippen LogP contribution in [-0.4, -0.2) is 52.7 Å². The Bertz CT molecular complexity index is 1070. The first kappa shape index (κ1) is 25.3. The normalized spacial score (nSPS) is 17.6. The molecule has 0 aliphatic carbocycles. The summed E-state index contributed by atoms with van der Waals surface area (Å²) in [5.41, 5.74) is 1.78. The summed E-state index contributed by atoms with van der Waals surface area (Å²) in [6.45, 7) is 9.03. The molecule has 0 bridgehead atoms. The lowest BCUT2D eigenvalue weighted by atomic mass is 9.94. The first-order chi connectivity index (χ1) is 16.2. The SMILES string of the molecule is CCCOc1ccc(/C(O)=C2/C(=O)C(=O)N(CCCOC(C)C)C2c2cccc(O)c2)cc1C. The lowest BCUT2D eigenvalue weighted by molar-refractivity contribution is -0.140. The van der Waals surface area contributed by atoms with Crippen molar-refractivity contribution in [2.24, 2.45) is 0 Å². The number of carbonyl (C=O) groups excluding carboxylic acids is 2. The molecule has 3 rings (SSSR count). The molecule has 1 aliphatic rings. The number of amides is 1. The molecular weight excluding hydrogens is 434 g/mol. The van der Waals surface area contributed by atoms with Gasteiger partial charge in [-0.05, 0) is 75.1 Å². The number of ether oxygens (including phenoxy) is 2. The van der Waals surface area contributed by atoms with Crippen molar-refractivity contribution in [3.63, 3.8) is 0 Å². The molecule has 7 heteroatoms. The number of aromatic hydroxyl groups is 1. The van der Waals surface area contributed by atoms with Crippen LogP contribution in [0, 0.1) is 6.92 Å². The molecule has 1 saturated heterocycles. The highest BCUT2D eigenvalue weighted by Gasteiger charge is 2.45. The fraction of sp³-hybridized carbons (Fsp3) is 0.407. The number of Topliss-reactive ketones (excluding diaryl/α,β-unsaturated/α-hetero) is 1. The minimum atomic E-state index is -0.817. The van der Waals surface area contributed by atoms with Crippen LogP contribution in [0.1, 0.15) is 56.3 Å².